The molecule has 0 aromatic heterocycles. The summed E-state index contributed by atoms with van der Waals surface area (Å²) in [5.74, 6) is -1.01. The van der Waals surface area contributed by atoms with Crippen LogP contribution in [0, 0.1) is 0 Å². The summed E-state index contributed by atoms with van der Waals surface area (Å²) in [6.07, 6.45) is 14.8. The summed E-state index contributed by atoms with van der Waals surface area (Å²) < 4.78 is 32.8. The van der Waals surface area contributed by atoms with Crippen LogP contribution in [0.25, 0.3) is 0 Å². The predicted molar refractivity (Wildman–Crippen MR) is 137 cm³/mol. The number of hydrogen-bond donors (Lipinski definition) is 1. The van der Waals surface area contributed by atoms with Crippen LogP contribution >= 0.6 is 7.82 Å². The number of carbonyl (C=O) groups is 2. The van der Waals surface area contributed by atoms with Crippen molar-refractivity contribution in [2.75, 3.05) is 47.5 Å². The lowest BCUT2D eigenvalue weighted by molar-refractivity contribution is -0.870. The zero-order chi connectivity index (χ0) is 26.6. The molecular formula is C25H49NO8P+. The van der Waals surface area contributed by atoms with Gasteiger partial charge in [0.25, 0.3) is 0 Å². The largest absolute Gasteiger partial charge is 0.472 e. The first-order valence-electron chi connectivity index (χ1n) is 12.9. The van der Waals surface area contributed by atoms with Crippen LogP contribution in [-0.2, 0) is 32.7 Å². The molecule has 0 aromatic carbocycles. The highest BCUT2D eigenvalue weighted by Crippen LogP contribution is 2.43. The summed E-state index contributed by atoms with van der Waals surface area (Å²) in [5.41, 5.74) is 0. The van der Waals surface area contributed by atoms with Crippen LogP contribution < -0.4 is 0 Å². The maximum atomic E-state index is 12.2. The van der Waals surface area contributed by atoms with Crippen molar-refractivity contribution in [2.24, 2.45) is 0 Å². The van der Waals surface area contributed by atoms with Crippen molar-refractivity contribution in [3.63, 3.8) is 0 Å². The van der Waals surface area contributed by atoms with E-state index < -0.39 is 32.5 Å². The number of esters is 2. The number of nitrogens with zero attached hydrogens (tertiary/aromatic N) is 1. The number of allylic oxidation sites excluding steroid dienone is 2. The van der Waals surface area contributed by atoms with Crippen LogP contribution in [-0.4, -0.2) is 74.9 Å². The topological polar surface area (TPSA) is 108 Å². The molecule has 1 N–H and O–H groups in total. The number of phosphoric acid groups is 1. The predicted octanol–water partition coefficient (Wildman–Crippen LogP) is 5.17. The van der Waals surface area contributed by atoms with Gasteiger partial charge in [0.1, 0.15) is 19.8 Å². The lowest BCUT2D eigenvalue weighted by Gasteiger charge is -2.24. The van der Waals surface area contributed by atoms with Gasteiger partial charge in [-0.2, -0.15) is 0 Å². The number of carbonyl (C=O) groups excluding carboxylic acids is 2. The van der Waals surface area contributed by atoms with Crippen molar-refractivity contribution in [2.45, 2.75) is 90.6 Å². The van der Waals surface area contributed by atoms with Gasteiger partial charge in [0.05, 0.1) is 27.7 Å². The van der Waals surface area contributed by atoms with E-state index in [0.717, 1.165) is 32.1 Å². The van der Waals surface area contributed by atoms with Crippen LogP contribution in [0.4, 0.5) is 0 Å². The highest BCUT2D eigenvalue weighted by atomic mass is 31.2. The first-order chi connectivity index (χ1) is 16.4. The number of rotatable bonds is 22. The maximum Gasteiger partial charge on any atom is 0.472 e. The standard InChI is InChI=1S/C25H48NO8P/c1-6-7-8-9-10-11-12-13-14-15-16-17-18-25(28)34-24(21-31-23(2)27)22-33-35(29,30)32-20-19-26(3,4)5/h10-11,24H,6-9,12-22H2,1-5H3/p+1/b11-10-. The Kier molecular flexibility index (Phi) is 19.2. The fourth-order valence-corrected chi connectivity index (χ4v) is 3.77. The molecule has 0 bridgehead atoms. The van der Waals surface area contributed by atoms with Gasteiger partial charge in [-0.25, -0.2) is 4.57 Å². The summed E-state index contributed by atoms with van der Waals surface area (Å²) in [6, 6.07) is 0. The molecule has 2 unspecified atom stereocenters. The Morgan fingerprint density at radius 3 is 2.11 bits per heavy atom. The Balaban J connectivity index is 4.18. The van der Waals surface area contributed by atoms with E-state index in [1.54, 1.807) is 0 Å². The average molecular weight is 523 g/mol. The first kappa shape index (κ1) is 33.8. The minimum Gasteiger partial charge on any atom is -0.462 e. The van der Waals surface area contributed by atoms with E-state index in [9.17, 15) is 19.0 Å². The number of phosphoric ester groups is 1. The van der Waals surface area contributed by atoms with Crippen molar-refractivity contribution >= 4 is 19.8 Å². The van der Waals surface area contributed by atoms with E-state index in [1.807, 2.05) is 21.1 Å². The van der Waals surface area contributed by atoms with Crippen LogP contribution in [0.3, 0.4) is 0 Å². The van der Waals surface area contributed by atoms with Crippen LogP contribution in [0.2, 0.25) is 0 Å². The van der Waals surface area contributed by atoms with Gasteiger partial charge in [0.15, 0.2) is 6.10 Å². The highest BCUT2D eigenvalue weighted by molar-refractivity contribution is 7.47. The third-order valence-electron chi connectivity index (χ3n) is 5.10. The van der Waals surface area contributed by atoms with Gasteiger partial charge in [0.2, 0.25) is 0 Å². The molecule has 206 valence electrons. The molecule has 2 atom stereocenters. The summed E-state index contributed by atoms with van der Waals surface area (Å²) in [7, 11) is 1.46. The Morgan fingerprint density at radius 1 is 0.914 bits per heavy atom. The zero-order valence-electron chi connectivity index (χ0n) is 22.5. The summed E-state index contributed by atoms with van der Waals surface area (Å²) >= 11 is 0. The Labute approximate surface area is 212 Å². The van der Waals surface area contributed by atoms with E-state index in [2.05, 4.69) is 19.1 Å². The number of ether oxygens (including phenoxy) is 2. The summed E-state index contributed by atoms with van der Waals surface area (Å²) in [4.78, 5) is 33.2. The molecular weight excluding hydrogens is 473 g/mol. The number of likely N-dealkylation sites (N-methyl/N-ethyl adjacent to an activating group) is 1. The van der Waals surface area contributed by atoms with E-state index in [4.69, 9.17) is 18.5 Å². The molecule has 0 aliphatic heterocycles. The van der Waals surface area contributed by atoms with Gasteiger partial charge in [-0.1, -0.05) is 51.2 Å². The van der Waals surface area contributed by atoms with Gasteiger partial charge < -0.3 is 18.9 Å². The lowest BCUT2D eigenvalue weighted by Crippen LogP contribution is -2.37. The number of unbranched alkanes of at least 4 members (excludes halogenated alkanes) is 8. The third kappa shape index (κ3) is 24.2. The molecule has 0 rings (SSSR count). The van der Waals surface area contributed by atoms with Crippen molar-refractivity contribution < 1.29 is 42.1 Å². The van der Waals surface area contributed by atoms with Crippen molar-refractivity contribution in [3.05, 3.63) is 12.2 Å². The second kappa shape index (κ2) is 19.9. The monoisotopic (exact) mass is 522 g/mol. The van der Waals surface area contributed by atoms with Gasteiger partial charge in [-0.15, -0.1) is 0 Å². The van der Waals surface area contributed by atoms with E-state index in [0.29, 0.717) is 17.4 Å². The lowest BCUT2D eigenvalue weighted by atomic mass is 10.1. The maximum absolute atomic E-state index is 12.2. The minimum atomic E-state index is -4.32. The van der Waals surface area contributed by atoms with Gasteiger partial charge in [0, 0.05) is 13.3 Å². The van der Waals surface area contributed by atoms with Gasteiger partial charge in [-0.3, -0.25) is 18.6 Å². The summed E-state index contributed by atoms with van der Waals surface area (Å²) in [6.45, 7) is 3.30. The SMILES string of the molecule is CCCCC/C=C\CCCCCCCC(=O)OC(COC(C)=O)COP(=O)(O)OCC[N+](C)(C)C. The van der Waals surface area contributed by atoms with E-state index in [1.165, 1.54) is 32.6 Å². The number of hydrogen-bond acceptors (Lipinski definition) is 7. The molecule has 0 aliphatic rings. The molecule has 0 saturated heterocycles. The molecule has 0 aromatic rings. The van der Waals surface area contributed by atoms with Crippen molar-refractivity contribution in [1.29, 1.82) is 0 Å². The molecule has 0 amide bonds. The molecule has 0 heterocycles. The van der Waals surface area contributed by atoms with E-state index in [-0.39, 0.29) is 19.6 Å². The molecule has 10 heteroatoms. The Bertz CT molecular complexity index is 648. The zero-order valence-corrected chi connectivity index (χ0v) is 23.4. The highest BCUT2D eigenvalue weighted by Gasteiger charge is 2.26. The van der Waals surface area contributed by atoms with Crippen molar-refractivity contribution in [1.82, 2.24) is 0 Å². The van der Waals surface area contributed by atoms with Crippen LogP contribution in [0.15, 0.2) is 12.2 Å². The van der Waals surface area contributed by atoms with E-state index >= 15 is 0 Å². The molecule has 0 spiro atoms. The second-order valence-corrected chi connectivity index (χ2v) is 11.3. The van der Waals surface area contributed by atoms with Crippen LogP contribution in [0.1, 0.15) is 84.5 Å². The molecule has 9 nitrogen and oxygen atoms in total. The van der Waals surface area contributed by atoms with Gasteiger partial charge in [-0.05, 0) is 32.1 Å². The number of quaternary nitrogens is 1. The first-order valence-corrected chi connectivity index (χ1v) is 14.3. The quantitative estimate of drug-likeness (QED) is 0.0682. The second-order valence-electron chi connectivity index (χ2n) is 9.80. The average Bonchev–Trinajstić information content (AvgIpc) is 2.75. The molecule has 0 fully saturated rings. The fourth-order valence-electron chi connectivity index (χ4n) is 3.03. The molecule has 0 saturated carbocycles. The third-order valence-corrected chi connectivity index (χ3v) is 6.09. The molecule has 35 heavy (non-hydrogen) atoms. The van der Waals surface area contributed by atoms with Crippen molar-refractivity contribution in [3.8, 4) is 0 Å². The van der Waals surface area contributed by atoms with Crippen LogP contribution in [0.5, 0.6) is 0 Å². The molecule has 0 aliphatic carbocycles. The summed E-state index contributed by atoms with van der Waals surface area (Å²) in [5, 5.41) is 0. The van der Waals surface area contributed by atoms with Gasteiger partial charge >= 0.3 is 19.8 Å². The fraction of sp³-hybridized carbons (Fsp3) is 0.840. The molecule has 0 radical (unpaired) electrons. The smallest absolute Gasteiger partial charge is 0.462 e. The normalized spacial score (nSPS) is 14.6. The Morgan fingerprint density at radius 2 is 1.51 bits per heavy atom. The minimum absolute atomic E-state index is 0.0287. The Hall–Kier alpha value is -1.25.